The van der Waals surface area contributed by atoms with Crippen molar-refractivity contribution >= 4 is 17.3 Å². The van der Waals surface area contributed by atoms with Gasteiger partial charge < -0.3 is 25.8 Å². The predicted octanol–water partition coefficient (Wildman–Crippen LogP) is 3.97. The van der Waals surface area contributed by atoms with E-state index >= 15 is 0 Å². The van der Waals surface area contributed by atoms with Crippen LogP contribution in [0.2, 0.25) is 0 Å². The number of rotatable bonds is 9. The van der Waals surface area contributed by atoms with E-state index in [2.05, 4.69) is 34.2 Å². The average Bonchev–Trinajstić information content (AvgIpc) is 2.86. The van der Waals surface area contributed by atoms with Gasteiger partial charge in [-0.15, -0.1) is 0 Å². The van der Waals surface area contributed by atoms with Crippen molar-refractivity contribution in [3.63, 3.8) is 0 Å². The van der Waals surface area contributed by atoms with Crippen LogP contribution in [0.5, 0.6) is 5.75 Å². The summed E-state index contributed by atoms with van der Waals surface area (Å²) in [6, 6.07) is 23.9. The molecule has 0 aliphatic carbocycles. The van der Waals surface area contributed by atoms with Crippen LogP contribution in [0.25, 0.3) is 0 Å². The maximum atomic E-state index is 11.2. The lowest BCUT2D eigenvalue weighted by molar-refractivity contribution is -0.136. The van der Waals surface area contributed by atoms with Crippen molar-refractivity contribution in [1.29, 1.82) is 5.26 Å². The highest BCUT2D eigenvalue weighted by molar-refractivity contribution is 5.77. The fourth-order valence-electron chi connectivity index (χ4n) is 4.42. The second kappa shape index (κ2) is 10.7. The Hall–Kier alpha value is -4.02. The molecule has 174 valence electrons. The number of nitriles is 1. The SMILES string of the molecule is COc1ccc(CCN[C@H](c2ccccc2)[C@H]2CNc3cccc(C#N)c3N2)cc1CC(=O)O. The third-order valence-electron chi connectivity index (χ3n) is 6.05. The summed E-state index contributed by atoms with van der Waals surface area (Å²) in [6.45, 7) is 1.41. The summed E-state index contributed by atoms with van der Waals surface area (Å²) in [4.78, 5) is 11.2. The highest BCUT2D eigenvalue weighted by Crippen LogP contribution is 2.33. The number of fused-ring (bicyclic) bond motifs is 1. The summed E-state index contributed by atoms with van der Waals surface area (Å²) in [6.07, 6.45) is 0.662. The topological polar surface area (TPSA) is 106 Å². The zero-order valence-corrected chi connectivity index (χ0v) is 19.0. The van der Waals surface area contributed by atoms with Gasteiger partial charge in [-0.3, -0.25) is 4.79 Å². The average molecular weight is 457 g/mol. The molecule has 0 amide bonds. The number of nitrogens with one attached hydrogen (secondary N) is 3. The molecule has 0 fully saturated rings. The molecule has 1 heterocycles. The number of anilines is 2. The second-order valence-electron chi connectivity index (χ2n) is 8.28. The summed E-state index contributed by atoms with van der Waals surface area (Å²) in [5.74, 6) is -0.295. The summed E-state index contributed by atoms with van der Waals surface area (Å²) < 4.78 is 5.31. The number of methoxy groups -OCH3 is 1. The van der Waals surface area contributed by atoms with Gasteiger partial charge >= 0.3 is 5.97 Å². The fraction of sp³-hybridized carbons (Fsp3) is 0.259. The van der Waals surface area contributed by atoms with E-state index < -0.39 is 5.97 Å². The van der Waals surface area contributed by atoms with Gasteiger partial charge in [-0.2, -0.15) is 5.26 Å². The Bertz CT molecular complexity index is 1190. The minimum atomic E-state index is -0.884. The molecular weight excluding hydrogens is 428 g/mol. The molecule has 0 saturated carbocycles. The van der Waals surface area contributed by atoms with Crippen LogP contribution < -0.4 is 20.7 Å². The molecule has 0 bridgehead atoms. The van der Waals surface area contributed by atoms with E-state index in [4.69, 9.17) is 4.74 Å². The van der Waals surface area contributed by atoms with Crippen LogP contribution in [0, 0.1) is 11.3 Å². The van der Waals surface area contributed by atoms with Crippen LogP contribution in [0.1, 0.15) is 28.3 Å². The fourth-order valence-corrected chi connectivity index (χ4v) is 4.42. The van der Waals surface area contributed by atoms with E-state index in [1.165, 1.54) is 0 Å². The first-order valence-corrected chi connectivity index (χ1v) is 11.3. The number of para-hydroxylation sites is 1. The van der Waals surface area contributed by atoms with Gasteiger partial charge in [0.15, 0.2) is 0 Å². The predicted molar refractivity (Wildman–Crippen MR) is 132 cm³/mol. The van der Waals surface area contributed by atoms with Gasteiger partial charge in [-0.25, -0.2) is 0 Å². The molecule has 0 spiro atoms. The molecule has 1 aliphatic rings. The second-order valence-corrected chi connectivity index (χ2v) is 8.28. The number of hydrogen-bond acceptors (Lipinski definition) is 6. The van der Waals surface area contributed by atoms with Crippen molar-refractivity contribution in [3.8, 4) is 11.8 Å². The quantitative estimate of drug-likeness (QED) is 0.386. The largest absolute Gasteiger partial charge is 0.496 e. The van der Waals surface area contributed by atoms with E-state index in [-0.39, 0.29) is 18.5 Å². The number of aliphatic carboxylic acids is 1. The van der Waals surface area contributed by atoms with Crippen LogP contribution in [0.4, 0.5) is 11.4 Å². The number of nitrogens with zero attached hydrogens (tertiary/aromatic N) is 1. The van der Waals surface area contributed by atoms with Crippen LogP contribution in [0.3, 0.4) is 0 Å². The van der Waals surface area contributed by atoms with Gasteiger partial charge in [0.05, 0.1) is 42.6 Å². The highest BCUT2D eigenvalue weighted by atomic mass is 16.5. The van der Waals surface area contributed by atoms with Crippen molar-refractivity contribution in [3.05, 3.63) is 89.0 Å². The number of hydrogen-bond donors (Lipinski definition) is 4. The van der Waals surface area contributed by atoms with E-state index in [0.29, 0.717) is 30.0 Å². The molecule has 3 aromatic carbocycles. The number of carbonyl (C=O) groups is 1. The number of carboxylic acid groups (broad SMARTS) is 1. The Balaban J connectivity index is 1.50. The van der Waals surface area contributed by atoms with Crippen molar-refractivity contribution in [1.82, 2.24) is 5.32 Å². The lowest BCUT2D eigenvalue weighted by Gasteiger charge is -2.35. The Labute approximate surface area is 199 Å². The molecule has 1 aliphatic heterocycles. The summed E-state index contributed by atoms with van der Waals surface area (Å²) in [7, 11) is 1.55. The monoisotopic (exact) mass is 456 g/mol. The Morgan fingerprint density at radius 1 is 1.21 bits per heavy atom. The summed E-state index contributed by atoms with van der Waals surface area (Å²) in [5, 5.41) is 29.5. The first-order valence-electron chi connectivity index (χ1n) is 11.3. The first kappa shape index (κ1) is 23.1. The Morgan fingerprint density at radius 3 is 2.76 bits per heavy atom. The van der Waals surface area contributed by atoms with Crippen LogP contribution in [-0.2, 0) is 17.6 Å². The molecule has 4 rings (SSSR count). The molecule has 7 nitrogen and oxygen atoms in total. The van der Waals surface area contributed by atoms with Gasteiger partial charge in [0.25, 0.3) is 0 Å². The zero-order chi connectivity index (χ0) is 23.9. The van der Waals surface area contributed by atoms with E-state index in [1.54, 1.807) is 7.11 Å². The number of benzene rings is 3. The van der Waals surface area contributed by atoms with Gasteiger partial charge in [0.1, 0.15) is 11.8 Å². The molecule has 2 atom stereocenters. The van der Waals surface area contributed by atoms with E-state index in [0.717, 1.165) is 28.9 Å². The molecule has 4 N–H and O–H groups in total. The molecule has 0 aromatic heterocycles. The van der Waals surface area contributed by atoms with Gasteiger partial charge in [-0.05, 0) is 42.3 Å². The molecular formula is C27H28N4O3. The lowest BCUT2D eigenvalue weighted by Crippen LogP contribution is -2.44. The van der Waals surface area contributed by atoms with Crippen LogP contribution >= 0.6 is 0 Å². The van der Waals surface area contributed by atoms with E-state index in [9.17, 15) is 15.2 Å². The van der Waals surface area contributed by atoms with Crippen molar-refractivity contribution in [2.24, 2.45) is 0 Å². The molecule has 3 aromatic rings. The highest BCUT2D eigenvalue weighted by Gasteiger charge is 2.27. The van der Waals surface area contributed by atoms with Gasteiger partial charge in [-0.1, -0.05) is 48.5 Å². The molecule has 7 heteroatoms. The van der Waals surface area contributed by atoms with Crippen LogP contribution in [-0.4, -0.2) is 37.3 Å². The molecule has 0 unspecified atom stereocenters. The van der Waals surface area contributed by atoms with Crippen molar-refractivity contribution in [2.75, 3.05) is 30.8 Å². The molecule has 0 radical (unpaired) electrons. The maximum Gasteiger partial charge on any atom is 0.307 e. The standard InChI is InChI=1S/C27H28N4O3/c1-34-24-11-10-18(14-21(24)15-25(32)33)12-13-29-26(19-6-3-2-4-7-19)23-17-30-22-9-5-8-20(16-28)27(22)31-23/h2-11,14,23,26,29-31H,12-13,15,17H2,1H3,(H,32,33)/t23-,26-/m1/s1. The third-order valence-corrected chi connectivity index (χ3v) is 6.05. The van der Waals surface area contributed by atoms with Crippen molar-refractivity contribution < 1.29 is 14.6 Å². The minimum absolute atomic E-state index is 0.00494. The normalized spacial score (nSPS) is 15.2. The molecule has 0 saturated heterocycles. The molecule has 34 heavy (non-hydrogen) atoms. The third kappa shape index (κ3) is 5.30. The minimum Gasteiger partial charge on any atom is -0.496 e. The Kier molecular flexibility index (Phi) is 7.31. The van der Waals surface area contributed by atoms with Crippen LogP contribution in [0.15, 0.2) is 66.7 Å². The smallest absolute Gasteiger partial charge is 0.307 e. The number of carboxylic acids is 1. The van der Waals surface area contributed by atoms with E-state index in [1.807, 2.05) is 54.6 Å². The van der Waals surface area contributed by atoms with Crippen molar-refractivity contribution in [2.45, 2.75) is 24.9 Å². The maximum absolute atomic E-state index is 11.2. The van der Waals surface area contributed by atoms with Gasteiger partial charge in [0.2, 0.25) is 0 Å². The first-order chi connectivity index (χ1) is 16.6. The zero-order valence-electron chi connectivity index (χ0n) is 19.0. The number of ether oxygens (including phenoxy) is 1. The summed E-state index contributed by atoms with van der Waals surface area (Å²) in [5.41, 5.74) is 5.25. The van der Waals surface area contributed by atoms with Gasteiger partial charge in [0, 0.05) is 12.1 Å². The lowest BCUT2D eigenvalue weighted by atomic mass is 9.95. The summed E-state index contributed by atoms with van der Waals surface area (Å²) >= 11 is 0. The Morgan fingerprint density at radius 2 is 2.03 bits per heavy atom.